The van der Waals surface area contributed by atoms with E-state index in [0.717, 1.165) is 25.3 Å². The van der Waals surface area contributed by atoms with Crippen LogP contribution in [-0.4, -0.2) is 24.2 Å². The van der Waals surface area contributed by atoms with Gasteiger partial charge in [0.15, 0.2) is 0 Å². The van der Waals surface area contributed by atoms with Gasteiger partial charge in [-0.3, -0.25) is 0 Å². The van der Waals surface area contributed by atoms with Crippen LogP contribution in [0.5, 0.6) is 5.75 Å². The summed E-state index contributed by atoms with van der Waals surface area (Å²) in [6.45, 7) is 6.15. The highest BCUT2D eigenvalue weighted by molar-refractivity contribution is 8.00. The molecule has 0 bridgehead atoms. The minimum Gasteiger partial charge on any atom is -0.493 e. The minimum absolute atomic E-state index is 0.415. The van der Waals surface area contributed by atoms with Gasteiger partial charge in [0.25, 0.3) is 0 Å². The third-order valence-electron chi connectivity index (χ3n) is 3.73. The fraction of sp³-hybridized carbons (Fsp3) is 0.647. The van der Waals surface area contributed by atoms with Crippen molar-refractivity contribution in [3.63, 3.8) is 0 Å². The number of para-hydroxylation sites is 1. The SMILES string of the molecule is CCCOc1ccccc1C(NCC)C1CCCCS1. The summed E-state index contributed by atoms with van der Waals surface area (Å²) in [6.07, 6.45) is 5.09. The lowest BCUT2D eigenvalue weighted by Gasteiger charge is -2.31. The Morgan fingerprint density at radius 3 is 2.85 bits per heavy atom. The molecule has 1 aliphatic rings. The summed E-state index contributed by atoms with van der Waals surface area (Å²) in [5.74, 6) is 2.36. The van der Waals surface area contributed by atoms with Gasteiger partial charge < -0.3 is 10.1 Å². The molecule has 3 heteroatoms. The Kier molecular flexibility index (Phi) is 6.74. The smallest absolute Gasteiger partial charge is 0.124 e. The summed E-state index contributed by atoms with van der Waals surface area (Å²) in [5.41, 5.74) is 1.34. The Labute approximate surface area is 127 Å². The Morgan fingerprint density at radius 1 is 1.30 bits per heavy atom. The van der Waals surface area contributed by atoms with Crippen molar-refractivity contribution in [2.45, 2.75) is 50.8 Å². The molecule has 1 aromatic rings. The zero-order valence-electron chi connectivity index (χ0n) is 12.7. The monoisotopic (exact) mass is 293 g/mol. The molecular weight excluding hydrogens is 266 g/mol. The summed E-state index contributed by atoms with van der Waals surface area (Å²) in [4.78, 5) is 0. The average molecular weight is 293 g/mol. The van der Waals surface area contributed by atoms with E-state index in [1.807, 2.05) is 0 Å². The van der Waals surface area contributed by atoms with Crippen molar-refractivity contribution in [2.24, 2.45) is 0 Å². The lowest BCUT2D eigenvalue weighted by molar-refractivity contribution is 0.309. The Bertz CT molecular complexity index is 390. The van der Waals surface area contributed by atoms with Gasteiger partial charge in [0.05, 0.1) is 6.61 Å². The molecule has 2 atom stereocenters. The van der Waals surface area contributed by atoms with Gasteiger partial charge in [-0.25, -0.2) is 0 Å². The largest absolute Gasteiger partial charge is 0.493 e. The number of hydrogen-bond acceptors (Lipinski definition) is 3. The van der Waals surface area contributed by atoms with Crippen molar-refractivity contribution < 1.29 is 4.74 Å². The zero-order valence-corrected chi connectivity index (χ0v) is 13.5. The van der Waals surface area contributed by atoms with E-state index in [1.165, 1.54) is 30.6 Å². The van der Waals surface area contributed by atoms with E-state index in [1.54, 1.807) is 0 Å². The van der Waals surface area contributed by atoms with Gasteiger partial charge in [0.1, 0.15) is 5.75 Å². The second-order valence-electron chi connectivity index (χ2n) is 5.33. The lowest BCUT2D eigenvalue weighted by atomic mass is 9.98. The van der Waals surface area contributed by atoms with Crippen molar-refractivity contribution in [2.75, 3.05) is 18.9 Å². The van der Waals surface area contributed by atoms with Crippen LogP contribution in [0.1, 0.15) is 51.1 Å². The second-order valence-corrected chi connectivity index (χ2v) is 6.67. The third kappa shape index (κ3) is 4.16. The maximum atomic E-state index is 5.96. The standard InChI is InChI=1S/C17H27NOS/c1-3-12-19-15-10-6-5-9-14(15)17(18-4-2)16-11-7-8-13-20-16/h5-6,9-10,16-18H,3-4,7-8,11-13H2,1-2H3. The molecule has 0 spiro atoms. The fourth-order valence-corrected chi connectivity index (χ4v) is 4.21. The van der Waals surface area contributed by atoms with Crippen LogP contribution in [-0.2, 0) is 0 Å². The molecule has 1 saturated heterocycles. The van der Waals surface area contributed by atoms with E-state index in [4.69, 9.17) is 4.74 Å². The molecule has 112 valence electrons. The predicted octanol–water partition coefficient (Wildman–Crippen LogP) is 4.41. The van der Waals surface area contributed by atoms with Crippen molar-refractivity contribution in [3.05, 3.63) is 29.8 Å². The van der Waals surface area contributed by atoms with Crippen LogP contribution in [0.2, 0.25) is 0 Å². The number of nitrogens with one attached hydrogen (secondary N) is 1. The highest BCUT2D eigenvalue weighted by Crippen LogP contribution is 2.38. The molecule has 2 nitrogen and oxygen atoms in total. The number of ether oxygens (including phenoxy) is 1. The molecule has 0 saturated carbocycles. The van der Waals surface area contributed by atoms with Crippen LogP contribution in [0, 0.1) is 0 Å². The topological polar surface area (TPSA) is 21.3 Å². The number of hydrogen-bond donors (Lipinski definition) is 1. The number of rotatable bonds is 7. The summed E-state index contributed by atoms with van der Waals surface area (Å²) in [7, 11) is 0. The van der Waals surface area contributed by atoms with Crippen LogP contribution in [0.4, 0.5) is 0 Å². The highest BCUT2D eigenvalue weighted by Gasteiger charge is 2.27. The van der Waals surface area contributed by atoms with Crippen LogP contribution in [0.15, 0.2) is 24.3 Å². The van der Waals surface area contributed by atoms with Gasteiger partial charge in [-0.15, -0.1) is 0 Å². The lowest BCUT2D eigenvalue weighted by Crippen LogP contribution is -2.32. The first-order valence-corrected chi connectivity index (χ1v) is 8.98. The zero-order chi connectivity index (χ0) is 14.2. The molecule has 2 unspecified atom stereocenters. The molecule has 0 amide bonds. The summed E-state index contributed by atoms with van der Waals surface area (Å²) in [5, 5.41) is 4.36. The Morgan fingerprint density at radius 2 is 2.15 bits per heavy atom. The molecule has 1 fully saturated rings. The van der Waals surface area contributed by atoms with E-state index in [9.17, 15) is 0 Å². The van der Waals surface area contributed by atoms with Gasteiger partial charge in [-0.05, 0) is 37.6 Å². The highest BCUT2D eigenvalue weighted by atomic mass is 32.2. The van der Waals surface area contributed by atoms with Gasteiger partial charge in [-0.1, -0.05) is 38.5 Å². The first kappa shape index (κ1) is 15.7. The maximum Gasteiger partial charge on any atom is 0.124 e. The number of thioether (sulfide) groups is 1. The quantitative estimate of drug-likeness (QED) is 0.804. The molecular formula is C17H27NOS. The summed E-state index contributed by atoms with van der Waals surface area (Å²) < 4.78 is 5.96. The summed E-state index contributed by atoms with van der Waals surface area (Å²) in [6, 6.07) is 8.96. The van der Waals surface area contributed by atoms with E-state index in [-0.39, 0.29) is 0 Å². The molecule has 0 radical (unpaired) electrons. The van der Waals surface area contributed by atoms with Crippen LogP contribution in [0.3, 0.4) is 0 Å². The Balaban J connectivity index is 2.18. The van der Waals surface area contributed by atoms with E-state index in [0.29, 0.717) is 11.3 Å². The average Bonchev–Trinajstić information content (AvgIpc) is 2.52. The number of benzene rings is 1. The molecule has 1 heterocycles. The van der Waals surface area contributed by atoms with Gasteiger partial charge in [0, 0.05) is 16.9 Å². The van der Waals surface area contributed by atoms with E-state index in [2.05, 4.69) is 55.2 Å². The van der Waals surface area contributed by atoms with Crippen molar-refractivity contribution in [1.82, 2.24) is 5.32 Å². The molecule has 0 aliphatic carbocycles. The second kappa shape index (κ2) is 8.58. The third-order valence-corrected chi connectivity index (χ3v) is 5.19. The predicted molar refractivity (Wildman–Crippen MR) is 88.7 cm³/mol. The molecule has 2 rings (SSSR count). The van der Waals surface area contributed by atoms with E-state index >= 15 is 0 Å². The molecule has 20 heavy (non-hydrogen) atoms. The van der Waals surface area contributed by atoms with Gasteiger partial charge in [0.2, 0.25) is 0 Å². The minimum atomic E-state index is 0.415. The first-order valence-electron chi connectivity index (χ1n) is 7.93. The summed E-state index contributed by atoms with van der Waals surface area (Å²) >= 11 is 2.12. The fourth-order valence-electron chi connectivity index (χ4n) is 2.77. The van der Waals surface area contributed by atoms with Crippen LogP contribution < -0.4 is 10.1 Å². The van der Waals surface area contributed by atoms with Crippen molar-refractivity contribution in [1.29, 1.82) is 0 Å². The maximum absolute atomic E-state index is 5.96. The van der Waals surface area contributed by atoms with Gasteiger partial charge in [-0.2, -0.15) is 11.8 Å². The molecule has 1 N–H and O–H groups in total. The Hall–Kier alpha value is -0.670. The van der Waals surface area contributed by atoms with Crippen LogP contribution >= 0.6 is 11.8 Å². The first-order chi connectivity index (χ1) is 9.86. The molecule has 0 aromatic heterocycles. The molecule has 1 aromatic carbocycles. The van der Waals surface area contributed by atoms with Gasteiger partial charge >= 0.3 is 0 Å². The van der Waals surface area contributed by atoms with E-state index < -0.39 is 0 Å². The van der Waals surface area contributed by atoms with Crippen molar-refractivity contribution >= 4 is 11.8 Å². The normalized spacial score (nSPS) is 20.6. The van der Waals surface area contributed by atoms with Crippen LogP contribution in [0.25, 0.3) is 0 Å². The van der Waals surface area contributed by atoms with Crippen molar-refractivity contribution in [3.8, 4) is 5.75 Å². The molecule has 1 aliphatic heterocycles.